The summed E-state index contributed by atoms with van der Waals surface area (Å²) < 4.78 is 39.9. The molecule has 0 amide bonds. The molecule has 124 valence electrons. The number of nitrogens with zero attached hydrogens (tertiary/aromatic N) is 1. The van der Waals surface area contributed by atoms with Crippen molar-refractivity contribution >= 4 is 42.8 Å². The monoisotopic (exact) mass is 460 g/mol. The normalized spacial score (nSPS) is 11.9. The molecule has 3 nitrogen and oxygen atoms in total. The first kappa shape index (κ1) is 17.2. The lowest BCUT2D eigenvalue weighted by molar-refractivity contribution is -0.137. The van der Waals surface area contributed by atoms with Gasteiger partial charge in [-0.1, -0.05) is 31.9 Å². The molecule has 3 aromatic rings. The van der Waals surface area contributed by atoms with Crippen LogP contribution in [0.4, 0.5) is 13.2 Å². The van der Waals surface area contributed by atoms with E-state index in [1.807, 2.05) is 0 Å². The van der Waals surface area contributed by atoms with Crippen molar-refractivity contribution < 1.29 is 13.2 Å². The molecule has 0 atom stereocenters. The van der Waals surface area contributed by atoms with Crippen molar-refractivity contribution in [2.24, 2.45) is 0 Å². The van der Waals surface area contributed by atoms with Crippen molar-refractivity contribution in [1.29, 1.82) is 0 Å². The first-order valence-corrected chi connectivity index (χ1v) is 8.32. The molecule has 0 aliphatic rings. The number of aryl methyl sites for hydroxylation is 1. The minimum Gasteiger partial charge on any atom is -0.306 e. The zero-order valence-corrected chi connectivity index (χ0v) is 15.3. The summed E-state index contributed by atoms with van der Waals surface area (Å²) in [6.45, 7) is 1.78. The van der Waals surface area contributed by atoms with E-state index in [0.717, 1.165) is 22.2 Å². The van der Waals surface area contributed by atoms with Gasteiger partial charge in [0.05, 0.1) is 16.5 Å². The third-order valence-electron chi connectivity index (χ3n) is 3.46. The van der Waals surface area contributed by atoms with Crippen LogP contribution in [0.2, 0.25) is 0 Å². The fraction of sp³-hybridized carbons (Fsp3) is 0.125. The maximum Gasteiger partial charge on any atom is 0.416 e. The van der Waals surface area contributed by atoms with Crippen molar-refractivity contribution in [2.45, 2.75) is 13.1 Å². The van der Waals surface area contributed by atoms with Gasteiger partial charge < -0.3 is 4.98 Å². The summed E-state index contributed by atoms with van der Waals surface area (Å²) in [7, 11) is 0. The summed E-state index contributed by atoms with van der Waals surface area (Å²) in [4.78, 5) is 19.2. The first-order valence-electron chi connectivity index (χ1n) is 6.73. The molecule has 0 fully saturated rings. The molecular weight excluding hydrogens is 453 g/mol. The molecule has 2 aromatic carbocycles. The minimum atomic E-state index is -4.49. The molecule has 0 aliphatic heterocycles. The summed E-state index contributed by atoms with van der Waals surface area (Å²) in [6, 6.07) is 6.84. The van der Waals surface area contributed by atoms with E-state index in [2.05, 4.69) is 41.8 Å². The third kappa shape index (κ3) is 3.25. The van der Waals surface area contributed by atoms with Gasteiger partial charge in [0.25, 0.3) is 5.56 Å². The fourth-order valence-electron chi connectivity index (χ4n) is 2.40. The van der Waals surface area contributed by atoms with Crippen LogP contribution >= 0.6 is 31.9 Å². The molecule has 3 rings (SSSR count). The Labute approximate surface area is 151 Å². The highest BCUT2D eigenvalue weighted by Crippen LogP contribution is 2.34. The lowest BCUT2D eigenvalue weighted by atomic mass is 10.1. The van der Waals surface area contributed by atoms with E-state index in [-0.39, 0.29) is 15.9 Å². The predicted molar refractivity (Wildman–Crippen MR) is 92.9 cm³/mol. The number of halogens is 5. The van der Waals surface area contributed by atoms with Crippen molar-refractivity contribution in [3.63, 3.8) is 0 Å². The molecule has 0 saturated heterocycles. The van der Waals surface area contributed by atoms with Gasteiger partial charge in [-0.2, -0.15) is 13.2 Å². The van der Waals surface area contributed by atoms with Gasteiger partial charge in [0.1, 0.15) is 5.82 Å². The average Bonchev–Trinajstić information content (AvgIpc) is 2.46. The average molecular weight is 462 g/mol. The van der Waals surface area contributed by atoms with Crippen molar-refractivity contribution in [3.8, 4) is 11.4 Å². The third-order valence-corrected chi connectivity index (χ3v) is 4.38. The van der Waals surface area contributed by atoms with E-state index in [9.17, 15) is 18.0 Å². The molecule has 1 aromatic heterocycles. The van der Waals surface area contributed by atoms with Crippen molar-refractivity contribution in [3.05, 3.63) is 60.8 Å². The second-order valence-electron chi connectivity index (χ2n) is 5.26. The predicted octanol–water partition coefficient (Wildman–Crippen LogP) is 5.44. The highest BCUT2D eigenvalue weighted by Gasteiger charge is 2.31. The summed E-state index contributed by atoms with van der Waals surface area (Å²) in [5.41, 5.74) is 0.149. The fourth-order valence-corrected chi connectivity index (χ4v) is 3.46. The SMILES string of the molecule is Cc1cc(Br)cc2c(=O)[nH]c(-c3cc(Br)cc(C(F)(F)F)c3)nc12. The number of hydrogen-bond acceptors (Lipinski definition) is 2. The Morgan fingerprint density at radius 2 is 1.71 bits per heavy atom. The molecule has 24 heavy (non-hydrogen) atoms. The standard InChI is InChI=1S/C16H9Br2F3N2O/c1-7-2-10(17)6-12-13(7)22-14(23-15(12)24)8-3-9(16(19,20)21)5-11(18)4-8/h2-6H,1H3,(H,22,23,24). The number of fused-ring (bicyclic) bond motifs is 1. The van der Waals surface area contributed by atoms with Gasteiger partial charge in [0.2, 0.25) is 0 Å². The van der Waals surface area contributed by atoms with Gasteiger partial charge in [-0.25, -0.2) is 4.98 Å². The van der Waals surface area contributed by atoms with E-state index in [0.29, 0.717) is 10.9 Å². The van der Waals surface area contributed by atoms with E-state index in [1.54, 1.807) is 19.1 Å². The van der Waals surface area contributed by atoms with E-state index >= 15 is 0 Å². The van der Waals surface area contributed by atoms with E-state index < -0.39 is 17.3 Å². The summed E-state index contributed by atoms with van der Waals surface area (Å²) >= 11 is 6.38. The van der Waals surface area contributed by atoms with Gasteiger partial charge in [0, 0.05) is 14.5 Å². The number of H-pyrrole nitrogens is 1. The highest BCUT2D eigenvalue weighted by atomic mass is 79.9. The zero-order valence-electron chi connectivity index (χ0n) is 12.1. The number of aromatic amines is 1. The highest BCUT2D eigenvalue weighted by molar-refractivity contribution is 9.10. The maximum atomic E-state index is 13.0. The van der Waals surface area contributed by atoms with Crippen LogP contribution in [0.15, 0.2) is 44.1 Å². The summed E-state index contributed by atoms with van der Waals surface area (Å²) in [6.07, 6.45) is -4.49. The molecular formula is C16H9Br2F3N2O. The molecule has 0 saturated carbocycles. The van der Waals surface area contributed by atoms with Crippen molar-refractivity contribution in [2.75, 3.05) is 0 Å². The second-order valence-corrected chi connectivity index (χ2v) is 7.09. The van der Waals surface area contributed by atoms with Crippen LogP contribution in [-0.4, -0.2) is 9.97 Å². The largest absolute Gasteiger partial charge is 0.416 e. The smallest absolute Gasteiger partial charge is 0.306 e. The number of rotatable bonds is 1. The summed E-state index contributed by atoms with van der Waals surface area (Å²) in [5.74, 6) is 0.0877. The Balaban J connectivity index is 2.28. The van der Waals surface area contributed by atoms with Gasteiger partial charge in [-0.15, -0.1) is 0 Å². The molecule has 0 bridgehead atoms. The van der Waals surface area contributed by atoms with Crippen LogP contribution in [0.5, 0.6) is 0 Å². The zero-order chi connectivity index (χ0) is 17.6. The van der Waals surface area contributed by atoms with Crippen LogP contribution in [0.3, 0.4) is 0 Å². The Bertz CT molecular complexity index is 1010. The quantitative estimate of drug-likeness (QED) is 0.524. The number of aromatic nitrogens is 2. The Morgan fingerprint density at radius 1 is 1.04 bits per heavy atom. The number of hydrogen-bond donors (Lipinski definition) is 1. The number of benzene rings is 2. The molecule has 1 N–H and O–H groups in total. The van der Waals surface area contributed by atoms with E-state index in [1.165, 1.54) is 6.07 Å². The number of nitrogens with one attached hydrogen (secondary N) is 1. The first-order chi connectivity index (χ1) is 11.1. The molecule has 0 radical (unpaired) electrons. The van der Waals surface area contributed by atoms with Gasteiger partial charge in [0.15, 0.2) is 0 Å². The molecule has 0 unspecified atom stereocenters. The van der Waals surface area contributed by atoms with Crippen LogP contribution in [0.25, 0.3) is 22.3 Å². The lowest BCUT2D eigenvalue weighted by Gasteiger charge is -2.11. The molecule has 0 aliphatic carbocycles. The lowest BCUT2D eigenvalue weighted by Crippen LogP contribution is -2.11. The summed E-state index contributed by atoms with van der Waals surface area (Å²) in [5, 5.41) is 0.372. The van der Waals surface area contributed by atoms with Crippen LogP contribution < -0.4 is 5.56 Å². The Morgan fingerprint density at radius 3 is 2.38 bits per heavy atom. The van der Waals surface area contributed by atoms with Gasteiger partial charge in [-0.3, -0.25) is 4.79 Å². The maximum absolute atomic E-state index is 13.0. The van der Waals surface area contributed by atoms with Gasteiger partial charge in [-0.05, 0) is 42.8 Å². The molecule has 1 heterocycles. The molecule has 0 spiro atoms. The van der Waals surface area contributed by atoms with Crippen LogP contribution in [-0.2, 0) is 6.18 Å². The van der Waals surface area contributed by atoms with E-state index in [4.69, 9.17) is 0 Å². The van der Waals surface area contributed by atoms with Crippen LogP contribution in [0.1, 0.15) is 11.1 Å². The molecule has 8 heteroatoms. The minimum absolute atomic E-state index is 0.0877. The Kier molecular flexibility index (Phi) is 4.29. The second kappa shape index (κ2) is 6.00. The van der Waals surface area contributed by atoms with Crippen molar-refractivity contribution in [1.82, 2.24) is 9.97 Å². The Hall–Kier alpha value is -1.67. The van der Waals surface area contributed by atoms with Crippen LogP contribution in [0, 0.1) is 6.92 Å². The van der Waals surface area contributed by atoms with Gasteiger partial charge >= 0.3 is 6.18 Å². The number of alkyl halides is 3. The topological polar surface area (TPSA) is 45.8 Å².